The molecule has 2 heterocycles. The van der Waals surface area contributed by atoms with Gasteiger partial charge in [-0.15, -0.1) is 11.3 Å². The van der Waals surface area contributed by atoms with Crippen molar-refractivity contribution in [2.45, 2.75) is 33.2 Å². The zero-order valence-corrected chi connectivity index (χ0v) is 16.6. The Hall–Kier alpha value is -1.66. The van der Waals surface area contributed by atoms with Crippen LogP contribution in [0.2, 0.25) is 0 Å². The molecule has 3 rings (SSSR count). The number of hydrogen-bond donors (Lipinski definition) is 1. The highest BCUT2D eigenvalue weighted by atomic mass is 79.9. The van der Waals surface area contributed by atoms with E-state index in [1.807, 2.05) is 11.4 Å². The van der Waals surface area contributed by atoms with Crippen molar-refractivity contribution in [2.24, 2.45) is 0 Å². The van der Waals surface area contributed by atoms with E-state index in [2.05, 4.69) is 59.1 Å². The van der Waals surface area contributed by atoms with Crippen molar-refractivity contribution in [1.82, 2.24) is 9.97 Å². The normalized spacial score (nSPS) is 11.2. The largest absolute Gasteiger partial charge is 0.495 e. The first-order valence-electron chi connectivity index (χ1n) is 7.92. The van der Waals surface area contributed by atoms with Crippen molar-refractivity contribution in [3.63, 3.8) is 0 Å². The number of hydrogen-bond acceptors (Lipinski definition) is 5. The molecule has 0 unspecified atom stereocenters. The Morgan fingerprint density at radius 1 is 1.25 bits per heavy atom. The summed E-state index contributed by atoms with van der Waals surface area (Å²) >= 11 is 5.24. The van der Waals surface area contributed by atoms with Crippen LogP contribution in [0.4, 0.5) is 5.13 Å². The number of benzene rings is 1. The average Bonchev–Trinajstić information content (AvgIpc) is 3.02. The molecule has 1 aromatic carbocycles. The molecule has 126 valence electrons. The van der Waals surface area contributed by atoms with Crippen LogP contribution in [0, 0.1) is 0 Å². The third kappa shape index (κ3) is 3.26. The van der Waals surface area contributed by atoms with E-state index in [9.17, 15) is 0 Å². The molecule has 0 aliphatic rings. The second kappa shape index (κ2) is 7.07. The van der Waals surface area contributed by atoms with E-state index in [1.54, 1.807) is 18.4 Å². The van der Waals surface area contributed by atoms with Crippen molar-refractivity contribution in [3.8, 4) is 17.1 Å². The van der Waals surface area contributed by atoms with Gasteiger partial charge in [0.05, 0.1) is 22.8 Å². The number of fused-ring (bicyclic) bond motifs is 1. The lowest BCUT2D eigenvalue weighted by Crippen LogP contribution is -2.09. The first-order valence-corrected chi connectivity index (χ1v) is 9.59. The Balaban J connectivity index is 2.14. The lowest BCUT2D eigenvalue weighted by molar-refractivity contribution is 0.413. The minimum Gasteiger partial charge on any atom is -0.495 e. The number of ether oxygens (including phenoxy) is 1. The molecule has 0 saturated heterocycles. The van der Waals surface area contributed by atoms with Gasteiger partial charge in [0.15, 0.2) is 5.13 Å². The van der Waals surface area contributed by atoms with E-state index in [4.69, 9.17) is 9.72 Å². The zero-order valence-electron chi connectivity index (χ0n) is 14.2. The summed E-state index contributed by atoms with van der Waals surface area (Å²) in [5, 5.41) is 7.45. The molecule has 2 aromatic heterocycles. The second-order valence-corrected chi connectivity index (χ2v) is 7.49. The fourth-order valence-electron chi connectivity index (χ4n) is 2.60. The van der Waals surface area contributed by atoms with Gasteiger partial charge in [-0.3, -0.25) is 0 Å². The molecule has 0 amide bonds. The number of nitrogens with zero attached hydrogens (tertiary/aromatic N) is 2. The van der Waals surface area contributed by atoms with Crippen molar-refractivity contribution in [2.75, 3.05) is 12.4 Å². The minimum atomic E-state index is 0.359. The van der Waals surface area contributed by atoms with Crippen LogP contribution in [0.3, 0.4) is 0 Å². The van der Waals surface area contributed by atoms with Gasteiger partial charge in [-0.25, -0.2) is 9.97 Å². The summed E-state index contributed by atoms with van der Waals surface area (Å²) in [7, 11) is 1.67. The lowest BCUT2D eigenvalue weighted by atomic mass is 10.0. The van der Waals surface area contributed by atoms with Gasteiger partial charge in [0, 0.05) is 16.8 Å². The molecule has 0 saturated carbocycles. The number of nitrogens with one attached hydrogen (secondary N) is 1. The molecule has 0 atom stereocenters. The monoisotopic (exact) mass is 405 g/mol. The molecule has 4 nitrogen and oxygen atoms in total. The predicted molar refractivity (Wildman–Crippen MR) is 105 cm³/mol. The fourth-order valence-corrected chi connectivity index (χ4v) is 4.04. The van der Waals surface area contributed by atoms with Gasteiger partial charge < -0.3 is 10.1 Å². The molecule has 0 aliphatic carbocycles. The summed E-state index contributed by atoms with van der Waals surface area (Å²) in [5.74, 6) is 0.787. The molecule has 6 heteroatoms. The van der Waals surface area contributed by atoms with Crippen LogP contribution >= 0.6 is 27.3 Å². The number of anilines is 1. The molecule has 0 bridgehead atoms. The Kier molecular flexibility index (Phi) is 5.06. The maximum atomic E-state index is 5.41. The van der Waals surface area contributed by atoms with E-state index in [-0.39, 0.29) is 0 Å². The van der Waals surface area contributed by atoms with Gasteiger partial charge in [0.1, 0.15) is 11.4 Å². The molecule has 1 N–H and O–H groups in total. The van der Waals surface area contributed by atoms with Crippen molar-refractivity contribution in [1.29, 1.82) is 0 Å². The minimum absolute atomic E-state index is 0.359. The van der Waals surface area contributed by atoms with Crippen molar-refractivity contribution < 1.29 is 4.74 Å². The fraction of sp³-hybridized carbons (Fsp3) is 0.333. The van der Waals surface area contributed by atoms with E-state index in [1.165, 1.54) is 5.56 Å². The first kappa shape index (κ1) is 17.2. The third-order valence-corrected chi connectivity index (χ3v) is 5.29. The molecule has 0 spiro atoms. The summed E-state index contributed by atoms with van der Waals surface area (Å²) in [6.07, 6.45) is 0.937. The van der Waals surface area contributed by atoms with Gasteiger partial charge in [0.25, 0.3) is 0 Å². The van der Waals surface area contributed by atoms with Crippen LogP contribution in [0.1, 0.15) is 26.3 Å². The van der Waals surface area contributed by atoms with E-state index in [0.717, 1.165) is 44.1 Å². The predicted octanol–water partition coefficient (Wildman–Crippen LogP) is 5.51. The first-order chi connectivity index (χ1) is 11.5. The second-order valence-electron chi connectivity index (χ2n) is 5.84. The van der Waals surface area contributed by atoms with Gasteiger partial charge >= 0.3 is 0 Å². The van der Waals surface area contributed by atoms with Crippen LogP contribution in [0.15, 0.2) is 28.1 Å². The number of thiazole rings is 1. The summed E-state index contributed by atoms with van der Waals surface area (Å²) in [5.41, 5.74) is 3.95. The van der Waals surface area contributed by atoms with E-state index < -0.39 is 0 Å². The highest BCUT2D eigenvalue weighted by molar-refractivity contribution is 9.10. The highest BCUT2D eigenvalue weighted by Crippen LogP contribution is 2.36. The maximum Gasteiger partial charge on any atom is 0.183 e. The summed E-state index contributed by atoms with van der Waals surface area (Å²) in [4.78, 5) is 9.52. The number of methoxy groups -OCH3 is 1. The van der Waals surface area contributed by atoms with Gasteiger partial charge in [-0.2, -0.15) is 0 Å². The number of pyridine rings is 1. The smallest absolute Gasteiger partial charge is 0.183 e. The lowest BCUT2D eigenvalue weighted by Gasteiger charge is -2.11. The average molecular weight is 406 g/mol. The van der Waals surface area contributed by atoms with Crippen LogP contribution in [0.25, 0.3) is 22.3 Å². The summed E-state index contributed by atoms with van der Waals surface area (Å²) in [6.45, 7) is 6.37. The molecule has 3 aromatic rings. The number of rotatable bonds is 5. The molecular weight excluding hydrogens is 386 g/mol. The standard InChI is InChI=1S/C18H20BrN3OS/c1-5-11-8-13(14-9-24-18(22-14)20-10(2)3)21-17-12(11)6-7-15(23-4)16(17)19/h6-10H,5H2,1-4H3,(H,20,22). The highest BCUT2D eigenvalue weighted by Gasteiger charge is 2.14. The topological polar surface area (TPSA) is 47.0 Å². The summed E-state index contributed by atoms with van der Waals surface area (Å²) in [6, 6.07) is 6.54. The van der Waals surface area contributed by atoms with Crippen molar-refractivity contribution in [3.05, 3.63) is 33.6 Å². The number of aromatic nitrogens is 2. The molecular formula is C18H20BrN3OS. The van der Waals surface area contributed by atoms with E-state index in [0.29, 0.717) is 6.04 Å². The van der Waals surface area contributed by atoms with Crippen LogP contribution in [-0.2, 0) is 6.42 Å². The SMILES string of the molecule is CCc1cc(-c2csc(NC(C)C)n2)nc2c(Br)c(OC)ccc12. The Bertz CT molecular complexity index is 876. The van der Waals surface area contributed by atoms with Gasteiger partial charge in [0.2, 0.25) is 0 Å². The molecule has 24 heavy (non-hydrogen) atoms. The Morgan fingerprint density at radius 2 is 2.04 bits per heavy atom. The van der Waals surface area contributed by atoms with Crippen LogP contribution in [-0.4, -0.2) is 23.1 Å². The number of halogens is 1. The number of aryl methyl sites for hydroxylation is 1. The molecule has 0 fully saturated rings. The zero-order chi connectivity index (χ0) is 17.3. The summed E-state index contributed by atoms with van der Waals surface area (Å²) < 4.78 is 6.29. The quantitative estimate of drug-likeness (QED) is 0.607. The van der Waals surface area contributed by atoms with Crippen LogP contribution < -0.4 is 10.1 Å². The maximum absolute atomic E-state index is 5.41. The Morgan fingerprint density at radius 3 is 2.71 bits per heavy atom. The third-order valence-electron chi connectivity index (χ3n) is 3.75. The van der Waals surface area contributed by atoms with Crippen LogP contribution in [0.5, 0.6) is 5.75 Å². The van der Waals surface area contributed by atoms with E-state index >= 15 is 0 Å². The molecule has 0 aliphatic heterocycles. The van der Waals surface area contributed by atoms with Crippen molar-refractivity contribution >= 4 is 43.3 Å². The molecule has 0 radical (unpaired) electrons. The van der Waals surface area contributed by atoms with Gasteiger partial charge in [-0.05, 0) is 60.0 Å². The van der Waals surface area contributed by atoms with Gasteiger partial charge in [-0.1, -0.05) is 6.92 Å². The Labute approximate surface area is 154 Å².